The summed E-state index contributed by atoms with van der Waals surface area (Å²) >= 11 is 6.30. The molecule has 1 aliphatic heterocycles. The van der Waals surface area contributed by atoms with Crippen molar-refractivity contribution in [3.05, 3.63) is 82.8 Å². The number of hydrogen-bond acceptors (Lipinski definition) is 3. The van der Waals surface area contributed by atoms with Crippen LogP contribution in [0.3, 0.4) is 0 Å². The Hall–Kier alpha value is -3.25. The van der Waals surface area contributed by atoms with E-state index in [0.717, 1.165) is 52.2 Å². The number of amides is 1. The van der Waals surface area contributed by atoms with Crippen molar-refractivity contribution in [2.24, 2.45) is 0 Å². The van der Waals surface area contributed by atoms with Crippen LogP contribution in [-0.2, 0) is 17.8 Å². The second kappa shape index (κ2) is 9.94. The number of carbonyl (C=O) groups excluding carboxylic acids is 1. The molecule has 1 aliphatic rings. The zero-order valence-corrected chi connectivity index (χ0v) is 20.1. The van der Waals surface area contributed by atoms with Gasteiger partial charge >= 0.3 is 0 Å². The van der Waals surface area contributed by atoms with E-state index in [1.807, 2.05) is 52.2 Å². The molecule has 34 heavy (non-hydrogen) atoms. The predicted octanol–water partition coefficient (Wildman–Crippen LogP) is 5.76. The van der Waals surface area contributed by atoms with Crippen LogP contribution in [0.25, 0.3) is 10.9 Å². The highest BCUT2D eigenvalue weighted by Gasteiger charge is 2.34. The van der Waals surface area contributed by atoms with Crippen molar-refractivity contribution in [3.63, 3.8) is 0 Å². The summed E-state index contributed by atoms with van der Waals surface area (Å²) < 4.78 is 7.76. The molecule has 2 aromatic heterocycles. The summed E-state index contributed by atoms with van der Waals surface area (Å²) in [5.74, 6) is 1.01. The summed E-state index contributed by atoms with van der Waals surface area (Å²) in [7, 11) is 0. The van der Waals surface area contributed by atoms with Crippen molar-refractivity contribution in [1.82, 2.24) is 19.7 Å². The molecule has 0 radical (unpaired) electrons. The van der Waals surface area contributed by atoms with E-state index >= 15 is 0 Å². The molecule has 6 nitrogen and oxygen atoms in total. The number of H-pyrrole nitrogens is 1. The average molecular weight is 477 g/mol. The minimum Gasteiger partial charge on any atom is -0.492 e. The summed E-state index contributed by atoms with van der Waals surface area (Å²) in [6, 6.07) is 15.8. The molecular formula is C27H29ClN4O2. The maximum Gasteiger partial charge on any atom is 0.223 e. The van der Waals surface area contributed by atoms with Gasteiger partial charge in [-0.1, -0.05) is 37.1 Å². The van der Waals surface area contributed by atoms with Gasteiger partial charge in [-0.2, -0.15) is 5.10 Å². The first kappa shape index (κ1) is 22.5. The lowest BCUT2D eigenvalue weighted by Gasteiger charge is -2.36. The maximum absolute atomic E-state index is 13.2. The SMILES string of the molecule is CCCCC(=O)N1CCc2c([nH]c3ccc(Cl)cc23)C1c1ccc(OCCn2cccn2)cc1. The zero-order chi connectivity index (χ0) is 23.5. The molecule has 0 saturated heterocycles. The molecule has 1 unspecified atom stereocenters. The fourth-order valence-corrected chi connectivity index (χ4v) is 4.96. The van der Waals surface area contributed by atoms with Gasteiger partial charge in [-0.25, -0.2) is 0 Å². The maximum atomic E-state index is 13.2. The van der Waals surface area contributed by atoms with Crippen molar-refractivity contribution >= 4 is 28.4 Å². The van der Waals surface area contributed by atoms with Gasteiger partial charge in [-0.05, 0) is 60.4 Å². The average Bonchev–Trinajstić information content (AvgIpc) is 3.50. The molecule has 176 valence electrons. The monoisotopic (exact) mass is 476 g/mol. The number of rotatable bonds is 8. The summed E-state index contributed by atoms with van der Waals surface area (Å²) in [5, 5.41) is 6.07. The van der Waals surface area contributed by atoms with Crippen molar-refractivity contribution in [2.45, 2.75) is 45.2 Å². The normalized spacial score (nSPS) is 15.5. The van der Waals surface area contributed by atoms with Gasteiger partial charge in [-0.3, -0.25) is 9.48 Å². The van der Waals surface area contributed by atoms with Crippen LogP contribution in [0, 0.1) is 0 Å². The molecule has 3 heterocycles. The van der Waals surface area contributed by atoms with E-state index < -0.39 is 0 Å². The van der Waals surface area contributed by atoms with E-state index in [0.29, 0.717) is 26.1 Å². The van der Waals surface area contributed by atoms with Gasteiger partial charge in [0.2, 0.25) is 5.91 Å². The number of ether oxygens (including phenoxy) is 1. The fourth-order valence-electron chi connectivity index (χ4n) is 4.78. The molecule has 0 saturated carbocycles. The van der Waals surface area contributed by atoms with Crippen molar-refractivity contribution in [3.8, 4) is 5.75 Å². The lowest BCUT2D eigenvalue weighted by molar-refractivity contribution is -0.133. The molecule has 1 N–H and O–H groups in total. The summed E-state index contributed by atoms with van der Waals surface area (Å²) in [4.78, 5) is 18.8. The Morgan fingerprint density at radius 1 is 1.24 bits per heavy atom. The molecule has 0 bridgehead atoms. The van der Waals surface area contributed by atoms with Crippen molar-refractivity contribution in [2.75, 3.05) is 13.2 Å². The van der Waals surface area contributed by atoms with Crippen molar-refractivity contribution in [1.29, 1.82) is 0 Å². The van der Waals surface area contributed by atoms with E-state index in [1.165, 1.54) is 5.56 Å². The van der Waals surface area contributed by atoms with E-state index in [2.05, 4.69) is 29.1 Å². The zero-order valence-electron chi connectivity index (χ0n) is 19.3. The third kappa shape index (κ3) is 4.55. The second-order valence-electron chi connectivity index (χ2n) is 8.74. The summed E-state index contributed by atoms with van der Waals surface area (Å²) in [6.07, 6.45) is 6.98. The lowest BCUT2D eigenvalue weighted by Crippen LogP contribution is -2.40. The number of halogens is 1. The number of benzene rings is 2. The highest BCUT2D eigenvalue weighted by Crippen LogP contribution is 2.39. The number of fused-ring (bicyclic) bond motifs is 3. The van der Waals surface area contributed by atoms with Crippen LogP contribution in [-0.4, -0.2) is 38.7 Å². The molecule has 2 aromatic carbocycles. The quantitative estimate of drug-likeness (QED) is 0.351. The fraction of sp³-hybridized carbons (Fsp3) is 0.333. The van der Waals surface area contributed by atoms with E-state index in [-0.39, 0.29) is 11.9 Å². The first-order valence-electron chi connectivity index (χ1n) is 11.9. The first-order chi connectivity index (χ1) is 16.6. The molecule has 5 rings (SSSR count). The lowest BCUT2D eigenvalue weighted by atomic mass is 9.92. The Bertz CT molecular complexity index is 1260. The Morgan fingerprint density at radius 2 is 2.09 bits per heavy atom. The van der Waals surface area contributed by atoms with Crippen LogP contribution in [0.2, 0.25) is 5.02 Å². The highest BCUT2D eigenvalue weighted by atomic mass is 35.5. The van der Waals surface area contributed by atoms with E-state index in [4.69, 9.17) is 16.3 Å². The van der Waals surface area contributed by atoms with Crippen LogP contribution >= 0.6 is 11.6 Å². The third-order valence-corrected chi connectivity index (χ3v) is 6.73. The molecule has 7 heteroatoms. The Kier molecular flexibility index (Phi) is 6.59. The van der Waals surface area contributed by atoms with Crippen LogP contribution in [0.4, 0.5) is 0 Å². The Balaban J connectivity index is 1.43. The van der Waals surface area contributed by atoms with Gasteiger partial charge < -0.3 is 14.6 Å². The molecule has 0 fully saturated rings. The molecular weight excluding hydrogens is 448 g/mol. The van der Waals surface area contributed by atoms with Gasteiger partial charge in [0.25, 0.3) is 0 Å². The largest absolute Gasteiger partial charge is 0.492 e. The number of aromatic nitrogens is 3. The predicted molar refractivity (Wildman–Crippen MR) is 134 cm³/mol. The van der Waals surface area contributed by atoms with Crippen LogP contribution < -0.4 is 4.74 Å². The number of aromatic amines is 1. The van der Waals surface area contributed by atoms with Gasteiger partial charge in [0.15, 0.2) is 0 Å². The molecule has 0 spiro atoms. The summed E-state index contributed by atoms with van der Waals surface area (Å²) in [5.41, 5.74) is 4.46. The number of carbonyl (C=O) groups is 1. The topological polar surface area (TPSA) is 63.1 Å². The van der Waals surface area contributed by atoms with Gasteiger partial charge in [0.1, 0.15) is 12.4 Å². The van der Waals surface area contributed by atoms with Gasteiger partial charge in [-0.15, -0.1) is 0 Å². The van der Waals surface area contributed by atoms with Crippen LogP contribution in [0.15, 0.2) is 60.9 Å². The molecule has 1 atom stereocenters. The first-order valence-corrected chi connectivity index (χ1v) is 12.3. The number of hydrogen-bond donors (Lipinski definition) is 1. The van der Waals surface area contributed by atoms with Crippen LogP contribution in [0.1, 0.15) is 49.0 Å². The number of nitrogens with zero attached hydrogens (tertiary/aromatic N) is 3. The Labute approximate surface area is 204 Å². The third-order valence-electron chi connectivity index (χ3n) is 6.50. The van der Waals surface area contributed by atoms with Crippen molar-refractivity contribution < 1.29 is 9.53 Å². The molecule has 0 aliphatic carbocycles. The molecule has 1 amide bonds. The van der Waals surface area contributed by atoms with E-state index in [9.17, 15) is 4.79 Å². The molecule has 4 aromatic rings. The smallest absolute Gasteiger partial charge is 0.223 e. The number of unbranched alkanes of at least 4 members (excludes halogenated alkanes) is 1. The van der Waals surface area contributed by atoms with Gasteiger partial charge in [0, 0.05) is 47.0 Å². The van der Waals surface area contributed by atoms with Gasteiger partial charge in [0.05, 0.1) is 12.6 Å². The highest BCUT2D eigenvalue weighted by molar-refractivity contribution is 6.31. The summed E-state index contributed by atoms with van der Waals surface area (Å²) in [6.45, 7) is 4.05. The number of nitrogens with one attached hydrogen (secondary N) is 1. The standard InChI is InChI=1S/C27H29ClN4O2/c1-2-3-5-25(33)32-15-12-22-23-18-20(28)8-11-24(23)30-26(22)27(32)19-6-9-21(10-7-19)34-17-16-31-14-4-13-29-31/h4,6-11,13-14,18,27,30H,2-3,5,12,15-17H2,1H3. The second-order valence-corrected chi connectivity index (χ2v) is 9.17. The van der Waals surface area contributed by atoms with E-state index in [1.54, 1.807) is 6.20 Å². The van der Waals surface area contributed by atoms with Crippen LogP contribution in [0.5, 0.6) is 5.75 Å². The minimum absolute atomic E-state index is 0.155. The Morgan fingerprint density at radius 3 is 2.85 bits per heavy atom. The minimum atomic E-state index is -0.155.